The minimum absolute atomic E-state index is 0.419. The van der Waals surface area contributed by atoms with Crippen LogP contribution in [0.5, 0.6) is 0 Å². The highest BCUT2D eigenvalue weighted by atomic mass is 35.5. The number of thiocarbonyl (C=S) groups is 1. The number of carbonyl (C=O) groups is 1. The second-order valence-electron chi connectivity index (χ2n) is 6.91. The minimum Gasteiger partial charge on any atom is -0.467 e. The predicted molar refractivity (Wildman–Crippen MR) is 114 cm³/mol. The minimum atomic E-state index is -0.902. The van der Waals surface area contributed by atoms with Gasteiger partial charge in [-0.1, -0.05) is 42.0 Å². The summed E-state index contributed by atoms with van der Waals surface area (Å²) in [5.74, 6) is -1.40. The van der Waals surface area contributed by atoms with Crippen molar-refractivity contribution in [1.82, 2.24) is 5.32 Å². The summed E-state index contributed by atoms with van der Waals surface area (Å²) in [6, 6.07) is 9.95. The number of halogens is 1. The van der Waals surface area contributed by atoms with Gasteiger partial charge in [-0.25, -0.2) is 4.79 Å². The Morgan fingerprint density at radius 3 is 2.75 bits per heavy atom. The van der Waals surface area contributed by atoms with E-state index in [1.54, 1.807) is 25.2 Å². The number of methoxy groups -OCH3 is 1. The van der Waals surface area contributed by atoms with Crippen LogP contribution < -0.4 is 5.32 Å². The number of hydrogen-bond donors (Lipinski definition) is 1. The second kappa shape index (κ2) is 8.88. The Hall–Kier alpha value is -1.51. The fraction of sp³-hybridized carbons (Fsp3) is 0.400. The van der Waals surface area contributed by atoms with Crippen molar-refractivity contribution >= 4 is 46.1 Å². The molecule has 2 atom stereocenters. The molecule has 0 unspecified atom stereocenters. The molecule has 28 heavy (non-hydrogen) atoms. The highest BCUT2D eigenvalue weighted by Crippen LogP contribution is 2.29. The number of nitrogens with one attached hydrogen (secondary N) is 1. The molecule has 3 rings (SSSR count). The summed E-state index contributed by atoms with van der Waals surface area (Å²) in [5, 5.41) is 6.06. The summed E-state index contributed by atoms with van der Waals surface area (Å²) in [4.78, 5) is 13.5. The van der Waals surface area contributed by atoms with Crippen molar-refractivity contribution in [2.24, 2.45) is 0 Å². The maximum atomic E-state index is 12.0. The predicted octanol–water partition coefficient (Wildman–Crippen LogP) is 4.10. The van der Waals surface area contributed by atoms with Crippen LogP contribution in [-0.2, 0) is 32.0 Å². The molecule has 0 amide bonds. The van der Waals surface area contributed by atoms with Crippen LogP contribution in [0.15, 0.2) is 35.7 Å². The van der Waals surface area contributed by atoms with Crippen molar-refractivity contribution in [3.05, 3.63) is 56.7 Å². The third-order valence-corrected chi connectivity index (χ3v) is 6.02. The van der Waals surface area contributed by atoms with Crippen molar-refractivity contribution in [2.45, 2.75) is 44.8 Å². The molecule has 0 radical (unpaired) electrons. The van der Waals surface area contributed by atoms with Crippen molar-refractivity contribution in [2.75, 3.05) is 7.11 Å². The van der Waals surface area contributed by atoms with Gasteiger partial charge in [0, 0.05) is 16.4 Å². The van der Waals surface area contributed by atoms with Gasteiger partial charge in [-0.3, -0.25) is 0 Å². The van der Waals surface area contributed by atoms with E-state index in [2.05, 4.69) is 16.8 Å². The molecule has 1 fully saturated rings. The molecule has 0 bridgehead atoms. The lowest BCUT2D eigenvalue weighted by atomic mass is 10.1. The Bertz CT molecular complexity index is 867. The van der Waals surface area contributed by atoms with E-state index in [4.69, 9.17) is 38.0 Å². The van der Waals surface area contributed by atoms with E-state index in [-0.39, 0.29) is 0 Å². The number of ether oxygens (including phenoxy) is 3. The Morgan fingerprint density at radius 2 is 2.04 bits per heavy atom. The highest BCUT2D eigenvalue weighted by Gasteiger charge is 2.47. The molecule has 2 heterocycles. The van der Waals surface area contributed by atoms with E-state index >= 15 is 0 Å². The molecule has 1 saturated heterocycles. The zero-order valence-electron chi connectivity index (χ0n) is 15.9. The summed E-state index contributed by atoms with van der Waals surface area (Å²) in [7, 11) is 1.32. The number of carbonyl (C=O) groups excluding carboxylic acids is 1. The van der Waals surface area contributed by atoms with E-state index in [1.165, 1.54) is 12.7 Å². The maximum absolute atomic E-state index is 12.0. The second-order valence-corrected chi connectivity index (χ2v) is 8.75. The largest absolute Gasteiger partial charge is 0.467 e. The van der Waals surface area contributed by atoms with Crippen LogP contribution in [0.25, 0.3) is 0 Å². The van der Waals surface area contributed by atoms with Crippen molar-refractivity contribution in [1.29, 1.82) is 0 Å². The molecule has 150 valence electrons. The van der Waals surface area contributed by atoms with Gasteiger partial charge in [0.2, 0.25) is 0 Å². The van der Waals surface area contributed by atoms with Gasteiger partial charge in [0.25, 0.3) is 0 Å². The summed E-state index contributed by atoms with van der Waals surface area (Å²) in [6.07, 6.45) is -0.780. The van der Waals surface area contributed by atoms with Gasteiger partial charge < -0.3 is 19.5 Å². The Kier molecular flexibility index (Phi) is 6.73. The van der Waals surface area contributed by atoms with Gasteiger partial charge >= 0.3 is 5.97 Å². The maximum Gasteiger partial charge on any atom is 0.338 e. The summed E-state index contributed by atoms with van der Waals surface area (Å²) in [5.41, 5.74) is 2.28. The van der Waals surface area contributed by atoms with Crippen LogP contribution in [0.1, 0.15) is 29.9 Å². The lowest BCUT2D eigenvalue weighted by Gasteiger charge is -2.18. The molecule has 2 aromatic rings. The number of benzene rings is 1. The Labute approximate surface area is 178 Å². The van der Waals surface area contributed by atoms with Gasteiger partial charge in [-0.2, -0.15) is 0 Å². The average molecular weight is 440 g/mol. The summed E-state index contributed by atoms with van der Waals surface area (Å²) < 4.78 is 16.2. The molecule has 1 aromatic carbocycles. The third-order valence-electron chi connectivity index (χ3n) is 4.29. The van der Waals surface area contributed by atoms with Gasteiger partial charge in [-0.05, 0) is 48.9 Å². The summed E-state index contributed by atoms with van der Waals surface area (Å²) in [6.45, 7) is 4.03. The van der Waals surface area contributed by atoms with Crippen LogP contribution >= 0.6 is 35.2 Å². The first-order valence-corrected chi connectivity index (χ1v) is 10.5. The topological polar surface area (TPSA) is 56.8 Å². The zero-order valence-corrected chi connectivity index (χ0v) is 18.2. The highest BCUT2D eigenvalue weighted by molar-refractivity contribution is 7.80. The smallest absolute Gasteiger partial charge is 0.338 e. The molecule has 0 aliphatic carbocycles. The molecule has 1 aliphatic heterocycles. The third kappa shape index (κ3) is 5.10. The first-order valence-electron chi connectivity index (χ1n) is 8.80. The number of rotatable bonds is 6. The van der Waals surface area contributed by atoms with Gasteiger partial charge in [-0.15, -0.1) is 11.3 Å². The van der Waals surface area contributed by atoms with Crippen LogP contribution in [-0.4, -0.2) is 36.1 Å². The lowest BCUT2D eigenvalue weighted by Crippen LogP contribution is -2.43. The molecule has 0 spiro atoms. The molecule has 1 aromatic heterocycles. The molecule has 8 heteroatoms. The molecule has 0 saturated carbocycles. The molecular formula is C20H22ClNO4S2. The van der Waals surface area contributed by atoms with Crippen LogP contribution in [0, 0.1) is 0 Å². The van der Waals surface area contributed by atoms with E-state index in [0.717, 1.165) is 21.9 Å². The van der Waals surface area contributed by atoms with Crippen molar-refractivity contribution in [3.63, 3.8) is 0 Å². The first kappa shape index (κ1) is 21.2. The van der Waals surface area contributed by atoms with Crippen molar-refractivity contribution in [3.8, 4) is 0 Å². The van der Waals surface area contributed by atoms with Gasteiger partial charge in [0.1, 0.15) is 11.1 Å². The Morgan fingerprint density at radius 1 is 1.32 bits per heavy atom. The summed E-state index contributed by atoms with van der Waals surface area (Å²) >= 11 is 13.3. The van der Waals surface area contributed by atoms with E-state index in [9.17, 15) is 4.79 Å². The SMILES string of the molecule is COC(=O)[C@@H]1OC(C)(C)O[C@H]1C(=S)NCc1cc(Cc2ccccc2Cl)cs1. The van der Waals surface area contributed by atoms with Crippen LogP contribution in [0.2, 0.25) is 5.02 Å². The molecule has 1 N–H and O–H groups in total. The van der Waals surface area contributed by atoms with Gasteiger partial charge in [0.15, 0.2) is 11.9 Å². The number of esters is 1. The number of hydrogen-bond acceptors (Lipinski definition) is 6. The monoisotopic (exact) mass is 439 g/mol. The van der Waals surface area contributed by atoms with E-state index < -0.39 is 24.0 Å². The fourth-order valence-electron chi connectivity index (χ4n) is 2.99. The molecule has 1 aliphatic rings. The number of thiophene rings is 1. The first-order chi connectivity index (χ1) is 13.3. The standard InChI is InChI=1S/C20H22ClNO4S2/c1-20(2)25-16(17(26-20)19(23)24-3)18(27)22-10-14-9-12(11-28-14)8-13-6-4-5-7-15(13)21/h4-7,9,11,16-17H,8,10H2,1-3H3,(H,22,27)/t16-,17-/m1/s1. The van der Waals surface area contributed by atoms with Crippen LogP contribution in [0.4, 0.5) is 0 Å². The fourth-order valence-corrected chi connectivity index (χ4v) is 4.27. The van der Waals surface area contributed by atoms with Gasteiger partial charge in [0.05, 0.1) is 7.11 Å². The van der Waals surface area contributed by atoms with E-state index in [1.807, 2.05) is 24.3 Å². The quantitative estimate of drug-likeness (QED) is 0.540. The van der Waals surface area contributed by atoms with E-state index in [0.29, 0.717) is 11.5 Å². The lowest BCUT2D eigenvalue weighted by molar-refractivity contribution is -0.167. The normalized spacial score (nSPS) is 20.7. The zero-order chi connectivity index (χ0) is 20.3. The van der Waals surface area contributed by atoms with Crippen molar-refractivity contribution < 1.29 is 19.0 Å². The Balaban J connectivity index is 1.59. The average Bonchev–Trinajstić information content (AvgIpc) is 3.24. The molecule has 5 nitrogen and oxygen atoms in total. The molecular weight excluding hydrogens is 418 g/mol. The van der Waals surface area contributed by atoms with Crippen LogP contribution in [0.3, 0.4) is 0 Å².